The minimum atomic E-state index is -3.58. The van der Waals surface area contributed by atoms with Crippen molar-refractivity contribution >= 4 is 21.4 Å². The van der Waals surface area contributed by atoms with Gasteiger partial charge >= 0.3 is 0 Å². The van der Waals surface area contributed by atoms with Gasteiger partial charge in [0.05, 0.1) is 4.90 Å². The molecule has 4 nitrogen and oxygen atoms in total. The van der Waals surface area contributed by atoms with Gasteiger partial charge in [-0.25, -0.2) is 8.42 Å². The molecule has 0 heterocycles. The average Bonchev–Trinajstić information content (AvgIpc) is 2.28. The second-order valence-corrected chi connectivity index (χ2v) is 5.73. The first kappa shape index (κ1) is 12.4. The van der Waals surface area contributed by atoms with Crippen LogP contribution in [-0.4, -0.2) is 8.42 Å². The molecule has 5 heteroatoms. The Morgan fingerprint density at radius 2 is 1.78 bits per heavy atom. The molecule has 0 aromatic heterocycles. The van der Waals surface area contributed by atoms with Crippen LogP contribution in [0, 0.1) is 6.92 Å². The third-order valence-corrected chi connectivity index (χ3v) is 3.82. The van der Waals surface area contributed by atoms with Crippen molar-refractivity contribution in [1.29, 1.82) is 0 Å². The third kappa shape index (κ3) is 2.81. The summed E-state index contributed by atoms with van der Waals surface area (Å²) in [4.78, 5) is 0.156. The Kier molecular flexibility index (Phi) is 3.25. The summed E-state index contributed by atoms with van der Waals surface area (Å²) in [5.74, 6) is 0. The van der Waals surface area contributed by atoms with Crippen LogP contribution in [0.25, 0.3) is 0 Å². The van der Waals surface area contributed by atoms with Gasteiger partial charge in [-0.05, 0) is 42.8 Å². The molecule has 0 unspecified atom stereocenters. The van der Waals surface area contributed by atoms with E-state index < -0.39 is 10.0 Å². The van der Waals surface area contributed by atoms with Gasteiger partial charge in [0.15, 0.2) is 0 Å². The molecule has 0 radical (unpaired) electrons. The summed E-state index contributed by atoms with van der Waals surface area (Å²) in [7, 11) is -3.58. The molecule has 94 valence electrons. The lowest BCUT2D eigenvalue weighted by Gasteiger charge is -2.09. The number of benzene rings is 2. The van der Waals surface area contributed by atoms with Crippen molar-refractivity contribution in [3.05, 3.63) is 54.1 Å². The largest absolute Gasteiger partial charge is 0.399 e. The maximum atomic E-state index is 12.1. The fourth-order valence-electron chi connectivity index (χ4n) is 1.60. The summed E-state index contributed by atoms with van der Waals surface area (Å²) in [5, 5.41) is 0. The fourth-order valence-corrected chi connectivity index (χ4v) is 2.71. The molecule has 0 saturated carbocycles. The lowest BCUT2D eigenvalue weighted by molar-refractivity contribution is 0.601. The summed E-state index contributed by atoms with van der Waals surface area (Å²) in [6.45, 7) is 1.90. The van der Waals surface area contributed by atoms with E-state index in [0.717, 1.165) is 5.56 Å². The Labute approximate surface area is 107 Å². The molecule has 0 aliphatic rings. The summed E-state index contributed by atoms with van der Waals surface area (Å²) in [6, 6.07) is 13.4. The van der Waals surface area contributed by atoms with Gasteiger partial charge < -0.3 is 5.73 Å². The van der Waals surface area contributed by atoms with Gasteiger partial charge in [0.1, 0.15) is 0 Å². The molecule has 0 fully saturated rings. The second kappa shape index (κ2) is 4.70. The SMILES string of the molecule is Cc1cccc(NS(=O)(=O)c2cccc(N)c2)c1. The van der Waals surface area contributed by atoms with E-state index in [1.807, 2.05) is 13.0 Å². The number of nitrogen functional groups attached to an aromatic ring is 1. The molecule has 0 saturated heterocycles. The van der Waals surface area contributed by atoms with E-state index in [9.17, 15) is 8.42 Å². The number of hydrogen-bond acceptors (Lipinski definition) is 3. The van der Waals surface area contributed by atoms with E-state index >= 15 is 0 Å². The number of nitrogens with one attached hydrogen (secondary N) is 1. The zero-order valence-electron chi connectivity index (χ0n) is 9.92. The molecule has 0 atom stereocenters. The van der Waals surface area contributed by atoms with Gasteiger partial charge in [0.2, 0.25) is 0 Å². The molecule has 0 spiro atoms. The van der Waals surface area contributed by atoms with E-state index in [0.29, 0.717) is 11.4 Å². The molecule has 2 aromatic carbocycles. The lowest BCUT2D eigenvalue weighted by Crippen LogP contribution is -2.13. The predicted molar refractivity (Wildman–Crippen MR) is 72.8 cm³/mol. The predicted octanol–water partition coefficient (Wildman–Crippen LogP) is 2.38. The highest BCUT2D eigenvalue weighted by molar-refractivity contribution is 7.92. The summed E-state index contributed by atoms with van der Waals surface area (Å²) in [6.07, 6.45) is 0. The van der Waals surface area contributed by atoms with Gasteiger partial charge in [-0.2, -0.15) is 0 Å². The Bertz CT molecular complexity index is 666. The monoisotopic (exact) mass is 262 g/mol. The molecule has 0 aliphatic heterocycles. The Balaban J connectivity index is 2.33. The van der Waals surface area contributed by atoms with Crippen LogP contribution in [0.5, 0.6) is 0 Å². The van der Waals surface area contributed by atoms with Gasteiger partial charge in [0, 0.05) is 11.4 Å². The van der Waals surface area contributed by atoms with Crippen molar-refractivity contribution in [2.45, 2.75) is 11.8 Å². The van der Waals surface area contributed by atoms with E-state index in [1.165, 1.54) is 12.1 Å². The zero-order chi connectivity index (χ0) is 13.2. The number of nitrogens with two attached hydrogens (primary N) is 1. The molecule has 2 rings (SSSR count). The van der Waals surface area contributed by atoms with Crippen molar-refractivity contribution in [3.63, 3.8) is 0 Å². The van der Waals surface area contributed by atoms with Gasteiger partial charge in [-0.1, -0.05) is 18.2 Å². The smallest absolute Gasteiger partial charge is 0.261 e. The maximum Gasteiger partial charge on any atom is 0.261 e. The Hall–Kier alpha value is -2.01. The van der Waals surface area contributed by atoms with Crippen LogP contribution in [0.4, 0.5) is 11.4 Å². The molecule has 0 amide bonds. The zero-order valence-corrected chi connectivity index (χ0v) is 10.7. The average molecular weight is 262 g/mol. The van der Waals surface area contributed by atoms with E-state index in [-0.39, 0.29) is 4.90 Å². The highest BCUT2D eigenvalue weighted by Crippen LogP contribution is 2.18. The van der Waals surface area contributed by atoms with Crippen LogP contribution in [0.3, 0.4) is 0 Å². The van der Waals surface area contributed by atoms with E-state index in [4.69, 9.17) is 5.73 Å². The Morgan fingerprint density at radius 1 is 1.06 bits per heavy atom. The second-order valence-electron chi connectivity index (χ2n) is 4.05. The van der Waals surface area contributed by atoms with Crippen molar-refractivity contribution < 1.29 is 8.42 Å². The molecule has 0 aliphatic carbocycles. The van der Waals surface area contributed by atoms with Crippen molar-refractivity contribution in [1.82, 2.24) is 0 Å². The Morgan fingerprint density at radius 3 is 2.44 bits per heavy atom. The molecule has 3 N–H and O–H groups in total. The van der Waals surface area contributed by atoms with E-state index in [2.05, 4.69) is 4.72 Å². The van der Waals surface area contributed by atoms with Crippen LogP contribution in [-0.2, 0) is 10.0 Å². The van der Waals surface area contributed by atoms with Gasteiger partial charge in [0.25, 0.3) is 10.0 Å². The fraction of sp³-hybridized carbons (Fsp3) is 0.0769. The minimum absolute atomic E-state index is 0.156. The molecule has 2 aromatic rings. The quantitative estimate of drug-likeness (QED) is 0.834. The topological polar surface area (TPSA) is 72.2 Å². The van der Waals surface area contributed by atoms with Crippen LogP contribution in [0.15, 0.2) is 53.4 Å². The molecule has 18 heavy (non-hydrogen) atoms. The number of anilines is 2. The lowest BCUT2D eigenvalue weighted by atomic mass is 10.2. The highest BCUT2D eigenvalue weighted by Gasteiger charge is 2.14. The van der Waals surface area contributed by atoms with Gasteiger partial charge in [-0.3, -0.25) is 4.72 Å². The van der Waals surface area contributed by atoms with Crippen LogP contribution >= 0.6 is 0 Å². The third-order valence-electron chi connectivity index (χ3n) is 2.44. The van der Waals surface area contributed by atoms with Crippen molar-refractivity contribution in [2.24, 2.45) is 0 Å². The van der Waals surface area contributed by atoms with Crippen molar-refractivity contribution in [3.8, 4) is 0 Å². The van der Waals surface area contributed by atoms with E-state index in [1.54, 1.807) is 30.3 Å². The van der Waals surface area contributed by atoms with Gasteiger partial charge in [-0.15, -0.1) is 0 Å². The molecule has 0 bridgehead atoms. The maximum absolute atomic E-state index is 12.1. The molecular weight excluding hydrogens is 248 g/mol. The van der Waals surface area contributed by atoms with Crippen LogP contribution in [0.2, 0.25) is 0 Å². The number of hydrogen-bond donors (Lipinski definition) is 2. The molecular formula is C13H14N2O2S. The minimum Gasteiger partial charge on any atom is -0.399 e. The van der Waals surface area contributed by atoms with Crippen LogP contribution in [0.1, 0.15) is 5.56 Å². The van der Waals surface area contributed by atoms with Crippen molar-refractivity contribution in [2.75, 3.05) is 10.5 Å². The highest BCUT2D eigenvalue weighted by atomic mass is 32.2. The standard InChI is InChI=1S/C13H14N2O2S/c1-10-4-2-6-12(8-10)15-18(16,17)13-7-3-5-11(14)9-13/h2-9,15H,14H2,1H3. The first-order valence-electron chi connectivity index (χ1n) is 5.42. The summed E-state index contributed by atoms with van der Waals surface area (Å²) >= 11 is 0. The first-order chi connectivity index (χ1) is 8.47. The first-order valence-corrected chi connectivity index (χ1v) is 6.91. The normalized spacial score (nSPS) is 11.2. The number of rotatable bonds is 3. The summed E-state index contributed by atoms with van der Waals surface area (Å²) < 4.78 is 26.7. The van der Waals surface area contributed by atoms with Crippen LogP contribution < -0.4 is 10.5 Å². The number of sulfonamides is 1. The number of aryl methyl sites for hydroxylation is 1. The summed E-state index contributed by atoms with van der Waals surface area (Å²) in [5.41, 5.74) is 7.53.